The minimum absolute atomic E-state index is 0. The maximum Gasteiger partial charge on any atom is 2.00 e. The molecule has 70 heavy (non-hydrogen) atoms. The Bertz CT molecular complexity index is 3600. The van der Waals surface area contributed by atoms with Crippen LogP contribution in [0.5, 0.6) is 11.8 Å². The number of furan rings is 2. The number of benzene rings is 6. The van der Waals surface area contributed by atoms with Gasteiger partial charge < -0.3 is 13.6 Å². The molecule has 0 spiro atoms. The van der Waals surface area contributed by atoms with Crippen LogP contribution >= 0.6 is 0 Å². The van der Waals surface area contributed by atoms with Gasteiger partial charge in [-0.1, -0.05) is 145 Å². The molecule has 0 unspecified atom stereocenters. The van der Waals surface area contributed by atoms with E-state index in [4.69, 9.17) is 23.5 Å². The Morgan fingerprint density at radius 2 is 0.843 bits per heavy atom. The third kappa shape index (κ3) is 7.03. The van der Waals surface area contributed by atoms with E-state index in [9.17, 15) is 0 Å². The van der Waals surface area contributed by atoms with Gasteiger partial charge in [-0.25, -0.2) is 0 Å². The zero-order valence-corrected chi connectivity index (χ0v) is 45.4. The zero-order valence-electron chi connectivity index (χ0n) is 43.1. The fourth-order valence-electron chi connectivity index (χ4n) is 13.2. The molecule has 4 heterocycles. The number of ether oxygens (including phenoxy) is 1. The van der Waals surface area contributed by atoms with Crippen LogP contribution in [-0.2, 0) is 53.6 Å². The topological polar surface area (TPSA) is 61.3 Å². The molecule has 2 aliphatic carbocycles. The molecule has 4 aromatic heterocycles. The quantitative estimate of drug-likeness (QED) is 0.164. The van der Waals surface area contributed by atoms with Crippen LogP contribution in [-0.4, -0.2) is 9.97 Å². The molecule has 6 heteroatoms. The molecular weight excluding hydrogens is 1040 g/mol. The minimum Gasteiger partial charge on any atom is -0.456 e. The Labute approximate surface area is 426 Å². The third-order valence-electron chi connectivity index (χ3n) is 15.8. The van der Waals surface area contributed by atoms with Crippen molar-refractivity contribution in [1.82, 2.24) is 9.97 Å². The summed E-state index contributed by atoms with van der Waals surface area (Å²) in [6, 6.07) is 41.9. The molecule has 10 aromatic rings. The van der Waals surface area contributed by atoms with Crippen LogP contribution in [0, 0.1) is 12.1 Å². The molecule has 0 saturated carbocycles. The summed E-state index contributed by atoms with van der Waals surface area (Å²) in [5.41, 5.74) is 14.4. The molecule has 0 saturated heterocycles. The van der Waals surface area contributed by atoms with E-state index in [1.165, 1.54) is 44.2 Å². The normalized spacial score (nSPS) is 16.9. The summed E-state index contributed by atoms with van der Waals surface area (Å²) in [6.07, 6.45) is 2.18. The average molecular weight is 1100 g/mol. The molecule has 0 aliphatic heterocycles. The van der Waals surface area contributed by atoms with Gasteiger partial charge in [0.1, 0.15) is 22.3 Å². The zero-order chi connectivity index (χ0) is 48.5. The monoisotopic (exact) mass is 1100 g/mol. The number of hydrogen-bond donors (Lipinski definition) is 0. The van der Waals surface area contributed by atoms with Gasteiger partial charge >= 0.3 is 21.1 Å². The molecule has 2 aliphatic rings. The van der Waals surface area contributed by atoms with E-state index in [0.717, 1.165) is 78.8 Å². The van der Waals surface area contributed by atoms with E-state index in [1.54, 1.807) is 0 Å². The van der Waals surface area contributed by atoms with E-state index in [-0.39, 0.29) is 53.6 Å². The van der Waals surface area contributed by atoms with Crippen molar-refractivity contribution in [3.05, 3.63) is 143 Å². The van der Waals surface area contributed by atoms with Crippen molar-refractivity contribution in [2.45, 2.75) is 142 Å². The summed E-state index contributed by atoms with van der Waals surface area (Å²) in [5.74, 6) is 0.734. The fraction of sp³-hybridized carbons (Fsp3) is 0.344. The second kappa shape index (κ2) is 15.1. The molecule has 0 amide bonds. The van der Waals surface area contributed by atoms with Crippen molar-refractivity contribution < 1.29 is 34.6 Å². The maximum atomic E-state index is 7.05. The Morgan fingerprint density at radius 1 is 0.471 bits per heavy atom. The number of aromatic nitrogens is 2. The van der Waals surface area contributed by atoms with Crippen LogP contribution in [0.25, 0.3) is 87.9 Å². The van der Waals surface area contributed by atoms with Crippen molar-refractivity contribution >= 4 is 65.4 Å². The Hall–Kier alpha value is -5.77. The van der Waals surface area contributed by atoms with Crippen LogP contribution < -0.4 is 4.74 Å². The van der Waals surface area contributed by atoms with Crippen LogP contribution in [0.4, 0.5) is 0 Å². The molecule has 12 rings (SSSR count). The van der Waals surface area contributed by atoms with Gasteiger partial charge in [0.05, 0.1) is 0 Å². The molecular formula is C64H62N2O3Pt. The summed E-state index contributed by atoms with van der Waals surface area (Å²) >= 11 is 0. The first kappa shape index (κ1) is 46.6. The van der Waals surface area contributed by atoms with Crippen molar-refractivity contribution in [2.24, 2.45) is 0 Å². The first-order valence-electron chi connectivity index (χ1n) is 24.8. The summed E-state index contributed by atoms with van der Waals surface area (Å²) in [6.45, 7) is 32.4. The van der Waals surface area contributed by atoms with Crippen LogP contribution in [0.15, 0.2) is 106 Å². The van der Waals surface area contributed by atoms with Gasteiger partial charge in [-0.05, 0) is 78.4 Å². The Morgan fingerprint density at radius 3 is 1.23 bits per heavy atom. The van der Waals surface area contributed by atoms with E-state index >= 15 is 0 Å². The number of nitrogens with zero attached hydrogens (tertiary/aromatic N) is 2. The smallest absolute Gasteiger partial charge is 0.456 e. The second-order valence-corrected chi connectivity index (χ2v) is 25.1. The first-order chi connectivity index (χ1) is 32.4. The summed E-state index contributed by atoms with van der Waals surface area (Å²) in [7, 11) is 0. The molecule has 0 radical (unpaired) electrons. The summed E-state index contributed by atoms with van der Waals surface area (Å²) < 4.78 is 21.0. The van der Waals surface area contributed by atoms with Crippen LogP contribution in [0.3, 0.4) is 0 Å². The van der Waals surface area contributed by atoms with Gasteiger partial charge in [0.25, 0.3) is 0 Å². The van der Waals surface area contributed by atoms with Crippen molar-refractivity contribution in [3.8, 4) is 34.3 Å². The average Bonchev–Trinajstić information content (AvgIpc) is 3.95. The number of rotatable bonds is 4. The standard InChI is InChI=1S/C64H62N2O3.Pt/c1-59(2,3)37-19-15-17-35(29-37)55-51-43-23-21-39-41(25-27-45-53(39)63(11,12)33-61(45,7)8)57(43)67-47(51)31-49(65-55)69-50-32-48-52(56(66-50)36-18-16-20-38(30-36)60(4,5)6)44-24-22-40-42(58(44)68-48)26-28-46-54(40)64(13,14)34-62(46,9)10;/h15-16,19-32H,33-34H2,1-14H3;/q-2;+2. The summed E-state index contributed by atoms with van der Waals surface area (Å²) in [4.78, 5) is 10.7. The minimum atomic E-state index is -0.0888. The third-order valence-corrected chi connectivity index (χ3v) is 15.8. The van der Waals surface area contributed by atoms with E-state index < -0.39 is 0 Å². The van der Waals surface area contributed by atoms with E-state index in [1.807, 2.05) is 24.3 Å². The Kier molecular flexibility index (Phi) is 10.1. The van der Waals surface area contributed by atoms with Gasteiger partial charge in [-0.3, -0.25) is 9.97 Å². The van der Waals surface area contributed by atoms with E-state index in [0.29, 0.717) is 22.9 Å². The predicted molar refractivity (Wildman–Crippen MR) is 285 cm³/mol. The van der Waals surface area contributed by atoms with E-state index in [2.05, 4.69) is 182 Å². The van der Waals surface area contributed by atoms with Crippen LogP contribution in [0.1, 0.15) is 143 Å². The molecule has 356 valence electrons. The van der Waals surface area contributed by atoms with Gasteiger partial charge in [-0.15, -0.1) is 70.8 Å². The van der Waals surface area contributed by atoms with Crippen LogP contribution in [0.2, 0.25) is 0 Å². The summed E-state index contributed by atoms with van der Waals surface area (Å²) in [5, 5.41) is 8.59. The number of fused-ring (bicyclic) bond motifs is 14. The molecule has 5 nitrogen and oxygen atoms in total. The molecule has 0 atom stereocenters. The second-order valence-electron chi connectivity index (χ2n) is 25.1. The number of hydrogen-bond acceptors (Lipinski definition) is 5. The molecule has 0 bridgehead atoms. The van der Waals surface area contributed by atoms with Gasteiger partial charge in [-0.2, -0.15) is 0 Å². The van der Waals surface area contributed by atoms with Gasteiger partial charge in [0.15, 0.2) is 0 Å². The fourth-order valence-corrected chi connectivity index (χ4v) is 13.2. The SMILES string of the molecule is CC(C)(C)c1cc[c-]c(-c2nc(Oc3cc4oc5c6ccc7c(c6ccc5c4c(-c4[c-]ccc(C(C)(C)C)c4)n3)C(C)(C)CC7(C)C)cc3oc4c5ccc6c(c5ccc4c23)C(C)(C)CC6(C)C)c1.[Pt+2]. The Balaban J connectivity index is 0.00000533. The number of pyridine rings is 2. The first-order valence-corrected chi connectivity index (χ1v) is 24.8. The molecule has 0 N–H and O–H groups in total. The van der Waals surface area contributed by atoms with Crippen molar-refractivity contribution in [2.75, 3.05) is 0 Å². The van der Waals surface area contributed by atoms with Gasteiger partial charge in [0.2, 0.25) is 11.8 Å². The van der Waals surface area contributed by atoms with Gasteiger partial charge in [0, 0.05) is 55.8 Å². The largest absolute Gasteiger partial charge is 2.00 e. The molecule has 6 aromatic carbocycles. The van der Waals surface area contributed by atoms with Crippen molar-refractivity contribution in [3.63, 3.8) is 0 Å². The maximum absolute atomic E-state index is 7.05. The molecule has 0 fully saturated rings. The van der Waals surface area contributed by atoms with Crippen molar-refractivity contribution in [1.29, 1.82) is 0 Å². The predicted octanol–water partition coefficient (Wildman–Crippen LogP) is 17.8.